The van der Waals surface area contributed by atoms with Gasteiger partial charge in [0.2, 0.25) is 5.91 Å². The van der Waals surface area contributed by atoms with Crippen molar-refractivity contribution in [3.63, 3.8) is 0 Å². The second kappa shape index (κ2) is 11.8. The SMILES string of the molecule is O=C(CSc1nc2ccc(N=Cc3ccc(Sc4ccccn4)c([N+](=O)[O-])c3)cc2s1)N1CCOCC1. The Labute approximate surface area is 225 Å². The first-order valence-electron chi connectivity index (χ1n) is 11.4. The average molecular weight is 552 g/mol. The van der Waals surface area contributed by atoms with Crippen molar-refractivity contribution < 1.29 is 14.5 Å². The Hall–Kier alpha value is -3.32. The Kier molecular flexibility index (Phi) is 8.09. The van der Waals surface area contributed by atoms with Gasteiger partial charge in [-0.05, 0) is 42.0 Å². The van der Waals surface area contributed by atoms with Crippen molar-refractivity contribution >= 4 is 68.6 Å². The summed E-state index contributed by atoms with van der Waals surface area (Å²) in [6, 6.07) is 16.2. The molecule has 0 aliphatic carbocycles. The van der Waals surface area contributed by atoms with Crippen molar-refractivity contribution in [2.75, 3.05) is 32.1 Å². The summed E-state index contributed by atoms with van der Waals surface area (Å²) in [5, 5.41) is 12.4. The first-order valence-corrected chi connectivity index (χ1v) is 14.0. The molecular formula is C25H21N5O4S3. The van der Waals surface area contributed by atoms with Gasteiger partial charge in [-0.3, -0.25) is 19.9 Å². The highest BCUT2D eigenvalue weighted by Gasteiger charge is 2.18. The van der Waals surface area contributed by atoms with Gasteiger partial charge in [0.25, 0.3) is 5.69 Å². The fourth-order valence-electron chi connectivity index (χ4n) is 3.57. The number of thioether (sulfide) groups is 1. The molecule has 0 unspecified atom stereocenters. The largest absolute Gasteiger partial charge is 0.378 e. The number of fused-ring (bicyclic) bond motifs is 1. The number of ether oxygens (including phenoxy) is 1. The smallest absolute Gasteiger partial charge is 0.283 e. The van der Waals surface area contributed by atoms with E-state index in [1.807, 2.05) is 35.2 Å². The maximum absolute atomic E-state index is 12.4. The van der Waals surface area contributed by atoms with Crippen LogP contribution in [0.5, 0.6) is 0 Å². The lowest BCUT2D eigenvalue weighted by atomic mass is 10.2. The van der Waals surface area contributed by atoms with Gasteiger partial charge in [0.15, 0.2) is 4.34 Å². The monoisotopic (exact) mass is 551 g/mol. The number of carbonyl (C=O) groups excluding carboxylic acids is 1. The molecule has 1 aliphatic heterocycles. The van der Waals surface area contributed by atoms with Crippen molar-refractivity contribution in [3.8, 4) is 0 Å². The molecule has 12 heteroatoms. The average Bonchev–Trinajstić information content (AvgIpc) is 3.34. The number of nitrogens with zero attached hydrogens (tertiary/aromatic N) is 5. The maximum atomic E-state index is 12.4. The molecule has 37 heavy (non-hydrogen) atoms. The normalized spacial score (nSPS) is 13.9. The van der Waals surface area contributed by atoms with Gasteiger partial charge in [0, 0.05) is 31.6 Å². The summed E-state index contributed by atoms with van der Waals surface area (Å²) in [5.41, 5.74) is 2.19. The Bertz CT molecular complexity index is 1460. The highest BCUT2D eigenvalue weighted by atomic mass is 32.2. The van der Waals surface area contributed by atoms with E-state index in [2.05, 4.69) is 15.0 Å². The molecule has 2 aromatic carbocycles. The summed E-state index contributed by atoms with van der Waals surface area (Å²) in [6.07, 6.45) is 3.27. The van der Waals surface area contributed by atoms with Crippen LogP contribution in [-0.2, 0) is 9.53 Å². The van der Waals surface area contributed by atoms with Crippen LogP contribution in [0.3, 0.4) is 0 Å². The Morgan fingerprint density at radius 1 is 1.19 bits per heavy atom. The molecule has 0 N–H and O–H groups in total. The van der Waals surface area contributed by atoms with Crippen molar-refractivity contribution in [2.24, 2.45) is 4.99 Å². The fourth-order valence-corrected chi connectivity index (χ4v) is 6.44. The molecule has 2 aromatic heterocycles. The molecule has 4 aromatic rings. The summed E-state index contributed by atoms with van der Waals surface area (Å²) < 4.78 is 7.09. The second-order valence-electron chi connectivity index (χ2n) is 7.93. The summed E-state index contributed by atoms with van der Waals surface area (Å²) in [5.74, 6) is 0.439. The third kappa shape index (κ3) is 6.52. The number of thiazole rings is 1. The Balaban J connectivity index is 1.27. The van der Waals surface area contributed by atoms with Crippen LogP contribution in [0.25, 0.3) is 10.2 Å². The first kappa shape index (κ1) is 25.3. The predicted octanol–water partition coefficient (Wildman–Crippen LogP) is 5.45. The summed E-state index contributed by atoms with van der Waals surface area (Å²) in [6.45, 7) is 2.44. The van der Waals surface area contributed by atoms with E-state index in [9.17, 15) is 14.9 Å². The van der Waals surface area contributed by atoms with Gasteiger partial charge in [-0.2, -0.15) is 0 Å². The zero-order chi connectivity index (χ0) is 25.6. The van der Waals surface area contributed by atoms with Crippen LogP contribution < -0.4 is 0 Å². The van der Waals surface area contributed by atoms with Crippen LogP contribution >= 0.6 is 34.9 Å². The highest BCUT2D eigenvalue weighted by Crippen LogP contribution is 2.35. The Morgan fingerprint density at radius 2 is 2.05 bits per heavy atom. The summed E-state index contributed by atoms with van der Waals surface area (Å²) >= 11 is 4.20. The van der Waals surface area contributed by atoms with Crippen molar-refractivity contribution in [3.05, 3.63) is 76.5 Å². The molecule has 0 atom stereocenters. The highest BCUT2D eigenvalue weighted by molar-refractivity contribution is 8.01. The minimum Gasteiger partial charge on any atom is -0.378 e. The topological polar surface area (TPSA) is 111 Å². The number of benzene rings is 2. The number of aromatic nitrogens is 2. The van der Waals surface area contributed by atoms with E-state index in [1.54, 1.807) is 30.6 Å². The lowest BCUT2D eigenvalue weighted by Crippen LogP contribution is -2.41. The third-order valence-corrected chi connectivity index (χ3v) is 8.59. The predicted molar refractivity (Wildman–Crippen MR) is 146 cm³/mol. The van der Waals surface area contributed by atoms with Crippen molar-refractivity contribution in [1.82, 2.24) is 14.9 Å². The summed E-state index contributed by atoms with van der Waals surface area (Å²) in [4.78, 5) is 39.4. The molecule has 0 saturated carbocycles. The number of nitro groups is 1. The van der Waals surface area contributed by atoms with Crippen LogP contribution in [0.2, 0.25) is 0 Å². The van der Waals surface area contributed by atoms with Crippen LogP contribution in [0.15, 0.2) is 80.0 Å². The molecule has 5 rings (SSSR count). The number of morpholine rings is 1. The molecule has 0 radical (unpaired) electrons. The van der Waals surface area contributed by atoms with Gasteiger partial charge in [-0.25, -0.2) is 9.97 Å². The molecule has 1 amide bonds. The van der Waals surface area contributed by atoms with Crippen LogP contribution in [0.4, 0.5) is 11.4 Å². The van der Waals surface area contributed by atoms with E-state index in [0.29, 0.717) is 53.2 Å². The standard InChI is InChI=1S/C25H21N5O4S3/c31-24(29-9-11-34-12-10-29)16-35-25-28-19-6-5-18(14-22(19)37-25)27-15-17-4-7-21(20(13-17)30(32)33)36-23-3-1-2-8-26-23/h1-8,13-15H,9-12,16H2. The molecule has 0 bridgehead atoms. The molecule has 3 heterocycles. The first-order chi connectivity index (χ1) is 18.0. The number of amides is 1. The molecule has 0 spiro atoms. The minimum atomic E-state index is -0.394. The number of aliphatic imine (C=N–C) groups is 1. The summed E-state index contributed by atoms with van der Waals surface area (Å²) in [7, 11) is 0. The molecule has 1 aliphatic rings. The molecule has 1 saturated heterocycles. The van der Waals surface area contributed by atoms with E-state index in [4.69, 9.17) is 4.74 Å². The zero-order valence-corrected chi connectivity index (χ0v) is 21.9. The van der Waals surface area contributed by atoms with Gasteiger partial charge in [-0.1, -0.05) is 35.7 Å². The van der Waals surface area contributed by atoms with Gasteiger partial charge in [0.1, 0.15) is 5.03 Å². The quantitative estimate of drug-likeness (QED) is 0.123. The third-order valence-electron chi connectivity index (χ3n) is 5.43. The van der Waals surface area contributed by atoms with E-state index < -0.39 is 4.92 Å². The zero-order valence-electron chi connectivity index (χ0n) is 19.5. The van der Waals surface area contributed by atoms with Crippen LogP contribution in [-0.4, -0.2) is 64.0 Å². The second-order valence-corrected chi connectivity index (χ2v) is 11.2. The fraction of sp³-hybridized carbons (Fsp3) is 0.200. The van der Waals surface area contributed by atoms with Crippen LogP contribution in [0, 0.1) is 10.1 Å². The maximum Gasteiger partial charge on any atom is 0.283 e. The van der Waals surface area contributed by atoms with E-state index in [0.717, 1.165) is 14.6 Å². The Morgan fingerprint density at radius 3 is 2.84 bits per heavy atom. The van der Waals surface area contributed by atoms with Crippen molar-refractivity contribution in [2.45, 2.75) is 14.3 Å². The molecule has 188 valence electrons. The molecular weight excluding hydrogens is 531 g/mol. The number of carbonyl (C=O) groups is 1. The number of nitro benzene ring substituents is 1. The lowest BCUT2D eigenvalue weighted by molar-refractivity contribution is -0.387. The van der Waals surface area contributed by atoms with E-state index in [1.165, 1.54) is 40.9 Å². The van der Waals surface area contributed by atoms with E-state index >= 15 is 0 Å². The van der Waals surface area contributed by atoms with Crippen LogP contribution in [0.1, 0.15) is 5.56 Å². The van der Waals surface area contributed by atoms with Gasteiger partial charge < -0.3 is 9.64 Å². The lowest BCUT2D eigenvalue weighted by Gasteiger charge is -2.26. The van der Waals surface area contributed by atoms with Gasteiger partial charge in [0.05, 0.1) is 44.7 Å². The molecule has 1 fully saturated rings. The van der Waals surface area contributed by atoms with Gasteiger partial charge in [-0.15, -0.1) is 11.3 Å². The number of hydrogen-bond donors (Lipinski definition) is 0. The van der Waals surface area contributed by atoms with E-state index in [-0.39, 0.29) is 11.6 Å². The van der Waals surface area contributed by atoms with Crippen molar-refractivity contribution in [1.29, 1.82) is 0 Å². The minimum absolute atomic E-state index is 0.00537. The number of hydrogen-bond acceptors (Lipinski definition) is 10. The number of rotatable bonds is 8. The number of pyridine rings is 1. The molecule has 9 nitrogen and oxygen atoms in total. The van der Waals surface area contributed by atoms with Gasteiger partial charge >= 0.3 is 0 Å².